The van der Waals surface area contributed by atoms with E-state index in [2.05, 4.69) is 35.2 Å². The zero-order valence-corrected chi connectivity index (χ0v) is 18.4. The molecule has 0 amide bonds. The van der Waals surface area contributed by atoms with E-state index >= 15 is 0 Å². The van der Waals surface area contributed by atoms with Gasteiger partial charge in [-0.15, -0.1) is 11.3 Å². The van der Waals surface area contributed by atoms with Crippen molar-refractivity contribution in [2.75, 3.05) is 20.2 Å². The molecular formula is C26H27NO3S. The fraction of sp³-hybridized carbons (Fsp3) is 0.231. The van der Waals surface area contributed by atoms with Gasteiger partial charge in [0.2, 0.25) is 0 Å². The van der Waals surface area contributed by atoms with Crippen LogP contribution in [0.5, 0.6) is 5.75 Å². The van der Waals surface area contributed by atoms with E-state index in [0.717, 1.165) is 27.1 Å². The Morgan fingerprint density at radius 1 is 0.935 bits per heavy atom. The van der Waals surface area contributed by atoms with Crippen molar-refractivity contribution in [2.24, 2.45) is 0 Å². The molecule has 160 valence electrons. The molecule has 2 N–H and O–H groups in total. The quantitative estimate of drug-likeness (QED) is 0.393. The lowest BCUT2D eigenvalue weighted by Gasteiger charge is -2.22. The van der Waals surface area contributed by atoms with Crippen LogP contribution in [0.1, 0.15) is 10.4 Å². The summed E-state index contributed by atoms with van der Waals surface area (Å²) in [6.45, 7) is 1.48. The molecule has 3 aromatic carbocycles. The van der Waals surface area contributed by atoms with Gasteiger partial charge in [0, 0.05) is 18.0 Å². The Morgan fingerprint density at radius 2 is 1.71 bits per heavy atom. The summed E-state index contributed by atoms with van der Waals surface area (Å²) in [6, 6.07) is 24.4. The molecule has 0 saturated heterocycles. The van der Waals surface area contributed by atoms with Crippen LogP contribution in [0.25, 0.3) is 21.9 Å². The number of hydrogen-bond donors (Lipinski definition) is 2. The first-order chi connectivity index (χ1) is 15.1. The van der Waals surface area contributed by atoms with Gasteiger partial charge in [-0.3, -0.25) is 4.90 Å². The second-order valence-electron chi connectivity index (χ2n) is 7.74. The summed E-state index contributed by atoms with van der Waals surface area (Å²) in [4.78, 5) is 3.07. The molecule has 5 heteroatoms. The Morgan fingerprint density at radius 3 is 2.55 bits per heavy atom. The minimum Gasteiger partial charge on any atom is -0.491 e. The molecule has 4 aromatic rings. The summed E-state index contributed by atoms with van der Waals surface area (Å²) >= 11 is 1.57. The van der Waals surface area contributed by atoms with Crippen LogP contribution in [0.15, 0.2) is 78.2 Å². The van der Waals surface area contributed by atoms with Crippen molar-refractivity contribution in [3.8, 4) is 16.9 Å². The number of aliphatic hydroxyl groups is 2. The van der Waals surface area contributed by atoms with Crippen molar-refractivity contribution in [1.82, 2.24) is 4.90 Å². The standard InChI is InChI=1S/C26H27NO3S/c1-27(15-21-8-4-5-9-24(21)25-12-13-31-26(25)17-28)16-22(29)18-30-23-11-10-19-6-2-3-7-20(19)14-23/h2-14,22,28-29H,15-18H2,1H3. The summed E-state index contributed by atoms with van der Waals surface area (Å²) in [5.74, 6) is 0.764. The number of thiophene rings is 1. The van der Waals surface area contributed by atoms with Gasteiger partial charge in [-0.25, -0.2) is 0 Å². The molecule has 31 heavy (non-hydrogen) atoms. The van der Waals surface area contributed by atoms with E-state index in [1.54, 1.807) is 11.3 Å². The Hall–Kier alpha value is -2.70. The molecule has 0 radical (unpaired) electrons. The van der Waals surface area contributed by atoms with Gasteiger partial charge in [0.1, 0.15) is 18.5 Å². The maximum Gasteiger partial charge on any atom is 0.120 e. The predicted molar refractivity (Wildman–Crippen MR) is 127 cm³/mol. The van der Waals surface area contributed by atoms with Gasteiger partial charge in [0.15, 0.2) is 0 Å². The van der Waals surface area contributed by atoms with E-state index in [1.165, 1.54) is 10.9 Å². The molecule has 0 spiro atoms. The van der Waals surface area contributed by atoms with Gasteiger partial charge in [0.05, 0.1) is 6.61 Å². The van der Waals surface area contributed by atoms with E-state index in [-0.39, 0.29) is 13.2 Å². The van der Waals surface area contributed by atoms with Crippen LogP contribution in [0.4, 0.5) is 0 Å². The fourth-order valence-electron chi connectivity index (χ4n) is 3.84. The number of ether oxygens (including phenoxy) is 1. The monoisotopic (exact) mass is 433 g/mol. The lowest BCUT2D eigenvalue weighted by molar-refractivity contribution is 0.0745. The van der Waals surface area contributed by atoms with E-state index < -0.39 is 6.10 Å². The predicted octanol–water partition coefficient (Wildman–Crippen LogP) is 4.93. The summed E-state index contributed by atoms with van der Waals surface area (Å²) in [7, 11) is 2.00. The molecule has 4 nitrogen and oxygen atoms in total. The molecule has 4 rings (SSSR count). The highest BCUT2D eigenvalue weighted by Crippen LogP contribution is 2.31. The third-order valence-corrected chi connectivity index (χ3v) is 6.23. The van der Waals surface area contributed by atoms with Crippen molar-refractivity contribution >= 4 is 22.1 Å². The number of benzene rings is 3. The highest BCUT2D eigenvalue weighted by Gasteiger charge is 2.14. The minimum atomic E-state index is -0.599. The smallest absolute Gasteiger partial charge is 0.120 e. The molecule has 0 aliphatic carbocycles. The first kappa shape index (κ1) is 21.5. The summed E-state index contributed by atoms with van der Waals surface area (Å²) in [6.07, 6.45) is -0.599. The Balaban J connectivity index is 1.36. The van der Waals surface area contributed by atoms with Crippen LogP contribution >= 0.6 is 11.3 Å². The Labute approximate surface area is 187 Å². The third-order valence-electron chi connectivity index (χ3n) is 5.32. The highest BCUT2D eigenvalue weighted by atomic mass is 32.1. The fourth-order valence-corrected chi connectivity index (χ4v) is 4.59. The first-order valence-corrected chi connectivity index (χ1v) is 11.3. The number of likely N-dealkylation sites (N-methyl/N-ethyl adjacent to an activating group) is 1. The Kier molecular flexibility index (Phi) is 6.99. The van der Waals surface area contributed by atoms with Gasteiger partial charge in [0.25, 0.3) is 0 Å². The van der Waals surface area contributed by atoms with Crippen LogP contribution in [0.3, 0.4) is 0 Å². The van der Waals surface area contributed by atoms with Crippen molar-refractivity contribution in [3.05, 3.63) is 88.6 Å². The lowest BCUT2D eigenvalue weighted by Crippen LogP contribution is -2.32. The molecular weight excluding hydrogens is 406 g/mol. The summed E-state index contributed by atoms with van der Waals surface area (Å²) < 4.78 is 5.84. The van der Waals surface area contributed by atoms with Crippen molar-refractivity contribution < 1.29 is 14.9 Å². The molecule has 0 aliphatic heterocycles. The van der Waals surface area contributed by atoms with Crippen LogP contribution in [-0.4, -0.2) is 41.4 Å². The third kappa shape index (κ3) is 5.32. The molecule has 0 fully saturated rings. The summed E-state index contributed by atoms with van der Waals surface area (Å²) in [5, 5.41) is 24.4. The SMILES string of the molecule is CN(Cc1ccccc1-c1ccsc1CO)CC(O)COc1ccc2ccccc2c1. The normalized spacial score (nSPS) is 12.4. The van der Waals surface area contributed by atoms with Gasteiger partial charge in [-0.05, 0) is 58.1 Å². The second kappa shape index (κ2) is 10.1. The van der Waals surface area contributed by atoms with Gasteiger partial charge >= 0.3 is 0 Å². The maximum atomic E-state index is 10.5. The molecule has 0 aliphatic rings. The maximum absolute atomic E-state index is 10.5. The second-order valence-corrected chi connectivity index (χ2v) is 8.74. The number of aliphatic hydroxyl groups excluding tert-OH is 2. The van der Waals surface area contributed by atoms with Crippen LogP contribution in [0, 0.1) is 0 Å². The average molecular weight is 434 g/mol. The highest BCUT2D eigenvalue weighted by molar-refractivity contribution is 7.10. The topological polar surface area (TPSA) is 52.9 Å². The molecule has 1 aromatic heterocycles. The van der Waals surface area contributed by atoms with E-state index in [1.807, 2.05) is 54.9 Å². The van der Waals surface area contributed by atoms with Gasteiger partial charge in [-0.1, -0.05) is 54.6 Å². The van der Waals surface area contributed by atoms with Crippen LogP contribution in [-0.2, 0) is 13.2 Å². The molecule has 0 bridgehead atoms. The average Bonchev–Trinajstić information content (AvgIpc) is 3.26. The largest absolute Gasteiger partial charge is 0.491 e. The molecule has 1 heterocycles. The number of rotatable bonds is 9. The summed E-state index contributed by atoms with van der Waals surface area (Å²) in [5.41, 5.74) is 3.37. The zero-order valence-electron chi connectivity index (χ0n) is 17.6. The van der Waals surface area contributed by atoms with Crippen molar-refractivity contribution in [3.63, 3.8) is 0 Å². The van der Waals surface area contributed by atoms with E-state index in [0.29, 0.717) is 13.1 Å². The van der Waals surface area contributed by atoms with Gasteiger partial charge < -0.3 is 14.9 Å². The van der Waals surface area contributed by atoms with Gasteiger partial charge in [-0.2, -0.15) is 0 Å². The lowest BCUT2D eigenvalue weighted by atomic mass is 10.00. The van der Waals surface area contributed by atoms with E-state index in [4.69, 9.17) is 4.74 Å². The molecule has 0 saturated carbocycles. The number of nitrogens with zero attached hydrogens (tertiary/aromatic N) is 1. The van der Waals surface area contributed by atoms with Crippen LogP contribution in [0.2, 0.25) is 0 Å². The zero-order chi connectivity index (χ0) is 21.6. The van der Waals surface area contributed by atoms with Crippen LogP contribution < -0.4 is 4.74 Å². The number of hydrogen-bond acceptors (Lipinski definition) is 5. The van der Waals surface area contributed by atoms with Crippen molar-refractivity contribution in [2.45, 2.75) is 19.3 Å². The van der Waals surface area contributed by atoms with E-state index in [9.17, 15) is 10.2 Å². The van der Waals surface area contributed by atoms with Crippen molar-refractivity contribution in [1.29, 1.82) is 0 Å². The number of fused-ring (bicyclic) bond motifs is 1. The molecule has 1 atom stereocenters. The molecule has 1 unspecified atom stereocenters. The Bertz CT molecular complexity index is 1140. The first-order valence-electron chi connectivity index (χ1n) is 10.4. The minimum absolute atomic E-state index is 0.0436.